The van der Waals surface area contributed by atoms with Gasteiger partial charge in [-0.25, -0.2) is 14.7 Å². The van der Waals surface area contributed by atoms with Crippen LogP contribution < -0.4 is 15.3 Å². The molecular formula is C21H22FN3O5. The van der Waals surface area contributed by atoms with Crippen molar-refractivity contribution in [2.45, 2.75) is 12.7 Å². The van der Waals surface area contributed by atoms with E-state index in [-0.39, 0.29) is 13.2 Å². The molecule has 0 aliphatic carbocycles. The molecule has 1 N–H and O–H groups in total. The summed E-state index contributed by atoms with van der Waals surface area (Å²) in [5, 5.41) is 0. The first-order valence-corrected chi connectivity index (χ1v) is 9.68. The Bertz CT molecular complexity index is 905. The van der Waals surface area contributed by atoms with Crippen LogP contribution in [-0.2, 0) is 25.7 Å². The second-order valence-electron chi connectivity index (χ2n) is 6.96. The van der Waals surface area contributed by atoms with Crippen molar-refractivity contribution in [3.05, 3.63) is 59.9 Å². The van der Waals surface area contributed by atoms with Gasteiger partial charge in [0.05, 0.1) is 37.7 Å². The summed E-state index contributed by atoms with van der Waals surface area (Å²) in [4.78, 5) is 32.8. The molecule has 0 aromatic heterocycles. The van der Waals surface area contributed by atoms with E-state index in [0.29, 0.717) is 37.7 Å². The average molecular weight is 415 g/mol. The van der Waals surface area contributed by atoms with E-state index < -0.39 is 23.9 Å². The normalized spacial score (nSPS) is 19.0. The highest BCUT2D eigenvalue weighted by atomic mass is 19.1. The molecule has 30 heavy (non-hydrogen) atoms. The largest absolute Gasteiger partial charge is 0.434 e. The number of anilines is 2. The molecule has 2 aromatic carbocycles. The average Bonchev–Trinajstić information content (AvgIpc) is 3.17. The summed E-state index contributed by atoms with van der Waals surface area (Å²) in [5.74, 6) is -1.02. The predicted octanol–water partition coefficient (Wildman–Crippen LogP) is 2.24. The lowest BCUT2D eigenvalue weighted by Gasteiger charge is -2.29. The van der Waals surface area contributed by atoms with Gasteiger partial charge in [0.25, 0.3) is 5.91 Å². The van der Waals surface area contributed by atoms with Crippen molar-refractivity contribution >= 4 is 23.4 Å². The van der Waals surface area contributed by atoms with Crippen LogP contribution in [0.2, 0.25) is 0 Å². The number of nitrogens with zero attached hydrogens (tertiary/aromatic N) is 2. The van der Waals surface area contributed by atoms with E-state index in [1.807, 2.05) is 35.2 Å². The maximum absolute atomic E-state index is 14.6. The van der Waals surface area contributed by atoms with E-state index in [2.05, 4.69) is 5.48 Å². The molecule has 0 bridgehead atoms. The number of benzene rings is 2. The molecule has 9 heteroatoms. The molecule has 2 heterocycles. The second-order valence-corrected chi connectivity index (χ2v) is 6.96. The molecule has 2 fully saturated rings. The number of hydrogen-bond donors (Lipinski definition) is 1. The number of amides is 2. The molecule has 2 amide bonds. The molecule has 2 saturated heterocycles. The topological polar surface area (TPSA) is 80.3 Å². The van der Waals surface area contributed by atoms with Crippen molar-refractivity contribution in [3.63, 3.8) is 0 Å². The molecule has 2 aliphatic heterocycles. The van der Waals surface area contributed by atoms with E-state index in [9.17, 15) is 14.0 Å². The highest BCUT2D eigenvalue weighted by Gasteiger charge is 2.37. The van der Waals surface area contributed by atoms with Crippen molar-refractivity contribution in [3.8, 4) is 0 Å². The molecule has 0 saturated carbocycles. The van der Waals surface area contributed by atoms with Crippen molar-refractivity contribution in [1.29, 1.82) is 0 Å². The number of hydrogen-bond acceptors (Lipinski definition) is 6. The van der Waals surface area contributed by atoms with Crippen molar-refractivity contribution in [2.75, 3.05) is 42.6 Å². The highest BCUT2D eigenvalue weighted by Crippen LogP contribution is 2.28. The van der Waals surface area contributed by atoms with E-state index in [4.69, 9.17) is 14.3 Å². The number of morpholine rings is 1. The summed E-state index contributed by atoms with van der Waals surface area (Å²) in [6.45, 7) is 2.45. The summed E-state index contributed by atoms with van der Waals surface area (Å²) in [5.41, 5.74) is 3.97. The predicted molar refractivity (Wildman–Crippen MR) is 106 cm³/mol. The zero-order valence-corrected chi connectivity index (χ0v) is 16.3. The minimum atomic E-state index is -1.05. The van der Waals surface area contributed by atoms with Gasteiger partial charge in [-0.3, -0.25) is 14.5 Å². The maximum Gasteiger partial charge on any atom is 0.415 e. The van der Waals surface area contributed by atoms with Crippen LogP contribution in [0.25, 0.3) is 0 Å². The van der Waals surface area contributed by atoms with Crippen molar-refractivity contribution in [1.82, 2.24) is 5.48 Å². The van der Waals surface area contributed by atoms with Gasteiger partial charge in [-0.05, 0) is 23.8 Å². The molecule has 1 atom stereocenters. The van der Waals surface area contributed by atoms with Crippen LogP contribution in [0.3, 0.4) is 0 Å². The monoisotopic (exact) mass is 415 g/mol. The molecule has 4 rings (SSSR count). The zero-order valence-electron chi connectivity index (χ0n) is 16.3. The Hall–Kier alpha value is -3.17. The second kappa shape index (κ2) is 9.10. The first kappa shape index (κ1) is 20.1. The summed E-state index contributed by atoms with van der Waals surface area (Å²) in [6.07, 6.45) is -1.76. The molecule has 0 radical (unpaired) electrons. The third kappa shape index (κ3) is 4.52. The Morgan fingerprint density at radius 1 is 1.17 bits per heavy atom. The Morgan fingerprint density at radius 3 is 2.67 bits per heavy atom. The van der Waals surface area contributed by atoms with Gasteiger partial charge in [0.1, 0.15) is 5.82 Å². The minimum Gasteiger partial charge on any atom is -0.434 e. The van der Waals surface area contributed by atoms with Gasteiger partial charge in [0.15, 0.2) is 0 Å². The van der Waals surface area contributed by atoms with E-state index >= 15 is 0 Å². The Morgan fingerprint density at radius 2 is 1.93 bits per heavy atom. The van der Waals surface area contributed by atoms with Gasteiger partial charge < -0.3 is 14.4 Å². The third-order valence-corrected chi connectivity index (χ3v) is 4.95. The third-order valence-electron chi connectivity index (χ3n) is 4.95. The van der Waals surface area contributed by atoms with Gasteiger partial charge in [-0.15, -0.1) is 0 Å². The van der Waals surface area contributed by atoms with Crippen LogP contribution >= 0.6 is 0 Å². The Kier molecular flexibility index (Phi) is 6.10. The number of ether oxygens (including phenoxy) is 2. The number of carbonyl (C=O) groups is 2. The number of rotatable bonds is 6. The molecule has 2 aliphatic rings. The van der Waals surface area contributed by atoms with Gasteiger partial charge in [0, 0.05) is 13.1 Å². The van der Waals surface area contributed by atoms with E-state index in [0.717, 1.165) is 5.56 Å². The molecular weight excluding hydrogens is 393 g/mol. The first-order chi connectivity index (χ1) is 14.6. The summed E-state index contributed by atoms with van der Waals surface area (Å²) >= 11 is 0. The molecule has 0 spiro atoms. The number of cyclic esters (lactones) is 1. The van der Waals surface area contributed by atoms with Gasteiger partial charge in [-0.1, -0.05) is 30.3 Å². The molecule has 8 nitrogen and oxygen atoms in total. The van der Waals surface area contributed by atoms with Crippen molar-refractivity contribution < 1.29 is 28.3 Å². The van der Waals surface area contributed by atoms with E-state index in [1.54, 1.807) is 12.1 Å². The van der Waals surface area contributed by atoms with Crippen LogP contribution in [0.5, 0.6) is 0 Å². The fourth-order valence-corrected chi connectivity index (χ4v) is 3.37. The summed E-state index contributed by atoms with van der Waals surface area (Å²) < 4.78 is 25.0. The van der Waals surface area contributed by atoms with E-state index in [1.165, 1.54) is 11.0 Å². The SMILES string of the molecule is O=C(NOCc1ccccc1)[C@H]1CN(c2ccc(N3CCOCC3)c(F)c2)C(=O)O1. The van der Waals surface area contributed by atoms with Crippen LogP contribution in [0, 0.1) is 5.82 Å². The van der Waals surface area contributed by atoms with Gasteiger partial charge in [-0.2, -0.15) is 0 Å². The quantitative estimate of drug-likeness (QED) is 0.729. The lowest BCUT2D eigenvalue weighted by molar-refractivity contribution is -0.141. The standard InChI is InChI=1S/C21H22FN3O5/c22-17-12-16(6-7-18(17)24-8-10-28-11-9-24)25-13-19(30-21(25)27)20(26)23-29-14-15-4-2-1-3-5-15/h1-7,12,19H,8-11,13-14H2,(H,23,26)/t19-/m1/s1. The smallest absolute Gasteiger partial charge is 0.415 e. The minimum absolute atomic E-state index is 0.0320. The van der Waals surface area contributed by atoms with Gasteiger partial charge >= 0.3 is 6.09 Å². The summed E-state index contributed by atoms with van der Waals surface area (Å²) in [7, 11) is 0. The number of hydroxylamine groups is 1. The highest BCUT2D eigenvalue weighted by molar-refractivity contribution is 5.95. The molecule has 0 unspecified atom stereocenters. The molecule has 2 aromatic rings. The lowest BCUT2D eigenvalue weighted by Crippen LogP contribution is -2.37. The number of halogens is 1. The van der Waals surface area contributed by atoms with Crippen LogP contribution in [0.1, 0.15) is 5.56 Å². The lowest BCUT2D eigenvalue weighted by atomic mass is 10.2. The van der Waals surface area contributed by atoms with Gasteiger partial charge in [0.2, 0.25) is 6.10 Å². The number of carbonyl (C=O) groups excluding carboxylic acids is 2. The Labute approximate surface area is 173 Å². The van der Waals surface area contributed by atoms with Crippen LogP contribution in [0.4, 0.5) is 20.6 Å². The number of nitrogens with one attached hydrogen (secondary N) is 1. The fraction of sp³-hybridized carbons (Fsp3) is 0.333. The van der Waals surface area contributed by atoms with Crippen molar-refractivity contribution in [2.24, 2.45) is 0 Å². The molecule has 158 valence electrons. The first-order valence-electron chi connectivity index (χ1n) is 9.68. The maximum atomic E-state index is 14.6. The summed E-state index contributed by atoms with van der Waals surface area (Å²) in [6, 6.07) is 13.9. The van der Waals surface area contributed by atoms with Crippen LogP contribution in [0.15, 0.2) is 48.5 Å². The Balaban J connectivity index is 1.34. The van der Waals surface area contributed by atoms with Crippen LogP contribution in [-0.4, -0.2) is 51.0 Å². The zero-order chi connectivity index (χ0) is 20.9. The fourth-order valence-electron chi connectivity index (χ4n) is 3.37.